The predicted molar refractivity (Wildman–Crippen MR) is 71.9 cm³/mol. The average molecular weight is 280 g/mol. The summed E-state index contributed by atoms with van der Waals surface area (Å²) in [5.41, 5.74) is 5.93. The lowest BCUT2D eigenvalue weighted by Crippen LogP contribution is -2.08. The standard InChI is InChI=1S/C11H10ClN5O2/c12-8-4-2-1-3-7(8)5-14-11-9(17(18)19)10(13)15-6-16-11/h1-4,6H,5H2,(H3,13,14,15,16). The fraction of sp³-hybridized carbons (Fsp3) is 0.0909. The first-order valence-electron chi connectivity index (χ1n) is 5.31. The molecule has 19 heavy (non-hydrogen) atoms. The summed E-state index contributed by atoms with van der Waals surface area (Å²) in [7, 11) is 0. The number of halogens is 1. The van der Waals surface area contributed by atoms with Crippen molar-refractivity contribution in [3.8, 4) is 0 Å². The van der Waals surface area contributed by atoms with Gasteiger partial charge in [0.15, 0.2) is 0 Å². The Balaban J connectivity index is 2.23. The number of rotatable bonds is 4. The van der Waals surface area contributed by atoms with Crippen molar-refractivity contribution >= 4 is 28.9 Å². The Labute approximate surface area is 113 Å². The summed E-state index contributed by atoms with van der Waals surface area (Å²) >= 11 is 5.99. The number of nitro groups is 1. The van der Waals surface area contributed by atoms with Gasteiger partial charge in [0, 0.05) is 11.6 Å². The van der Waals surface area contributed by atoms with E-state index in [9.17, 15) is 10.1 Å². The normalized spacial score (nSPS) is 10.2. The number of anilines is 2. The number of aromatic nitrogens is 2. The van der Waals surface area contributed by atoms with Crippen LogP contribution in [-0.4, -0.2) is 14.9 Å². The zero-order chi connectivity index (χ0) is 13.8. The molecular weight excluding hydrogens is 270 g/mol. The number of nitrogens with zero attached hydrogens (tertiary/aromatic N) is 3. The second kappa shape index (κ2) is 5.49. The first-order valence-corrected chi connectivity index (χ1v) is 5.69. The smallest absolute Gasteiger partial charge is 0.352 e. The third-order valence-electron chi connectivity index (χ3n) is 2.44. The minimum absolute atomic E-state index is 0.0671. The van der Waals surface area contributed by atoms with Crippen LogP contribution in [0.5, 0.6) is 0 Å². The minimum atomic E-state index is -0.621. The number of nitrogens with one attached hydrogen (secondary N) is 1. The zero-order valence-electron chi connectivity index (χ0n) is 9.71. The van der Waals surface area contributed by atoms with Crippen molar-refractivity contribution in [1.82, 2.24) is 9.97 Å². The molecule has 0 fully saturated rings. The van der Waals surface area contributed by atoms with E-state index in [1.54, 1.807) is 12.1 Å². The molecule has 0 unspecified atom stereocenters. The lowest BCUT2D eigenvalue weighted by Gasteiger charge is -2.08. The number of nitrogens with two attached hydrogens (primary N) is 1. The van der Waals surface area contributed by atoms with Gasteiger partial charge in [-0.1, -0.05) is 29.8 Å². The van der Waals surface area contributed by atoms with Crippen LogP contribution in [0.25, 0.3) is 0 Å². The van der Waals surface area contributed by atoms with Gasteiger partial charge in [0.25, 0.3) is 0 Å². The molecule has 0 bridgehead atoms. The zero-order valence-corrected chi connectivity index (χ0v) is 10.5. The summed E-state index contributed by atoms with van der Waals surface area (Å²) in [5, 5.41) is 14.3. The van der Waals surface area contributed by atoms with Crippen LogP contribution in [0.4, 0.5) is 17.3 Å². The Hall–Kier alpha value is -2.41. The molecule has 0 saturated carbocycles. The fourth-order valence-corrected chi connectivity index (χ4v) is 1.73. The molecule has 0 aliphatic heterocycles. The van der Waals surface area contributed by atoms with Gasteiger partial charge in [-0.25, -0.2) is 9.97 Å². The van der Waals surface area contributed by atoms with E-state index in [1.807, 2.05) is 12.1 Å². The van der Waals surface area contributed by atoms with Gasteiger partial charge in [-0.05, 0) is 11.6 Å². The molecule has 0 radical (unpaired) electrons. The van der Waals surface area contributed by atoms with E-state index in [-0.39, 0.29) is 17.3 Å². The topological polar surface area (TPSA) is 107 Å². The van der Waals surface area contributed by atoms with E-state index < -0.39 is 4.92 Å². The predicted octanol–water partition coefficient (Wildman–Crippen LogP) is 2.23. The first-order chi connectivity index (χ1) is 9.09. The summed E-state index contributed by atoms with van der Waals surface area (Å²) in [6, 6.07) is 7.18. The molecule has 0 aliphatic rings. The molecule has 2 aromatic rings. The molecular formula is C11H10ClN5O2. The van der Waals surface area contributed by atoms with Crippen LogP contribution in [0, 0.1) is 10.1 Å². The highest BCUT2D eigenvalue weighted by Gasteiger charge is 2.20. The molecule has 98 valence electrons. The Morgan fingerprint density at radius 3 is 2.79 bits per heavy atom. The Morgan fingerprint density at radius 1 is 1.37 bits per heavy atom. The third kappa shape index (κ3) is 2.89. The molecule has 1 aromatic carbocycles. The highest BCUT2D eigenvalue weighted by molar-refractivity contribution is 6.31. The van der Waals surface area contributed by atoms with Gasteiger partial charge < -0.3 is 11.1 Å². The minimum Gasteiger partial charge on any atom is -0.378 e. The highest BCUT2D eigenvalue weighted by Crippen LogP contribution is 2.27. The van der Waals surface area contributed by atoms with Gasteiger partial charge in [-0.15, -0.1) is 0 Å². The maximum atomic E-state index is 10.9. The van der Waals surface area contributed by atoms with Crippen molar-refractivity contribution in [3.05, 3.63) is 51.3 Å². The van der Waals surface area contributed by atoms with Crippen LogP contribution in [-0.2, 0) is 6.54 Å². The van der Waals surface area contributed by atoms with Crippen LogP contribution in [0.3, 0.4) is 0 Å². The van der Waals surface area contributed by atoms with Crippen LogP contribution in [0.2, 0.25) is 5.02 Å². The maximum absolute atomic E-state index is 10.9. The van der Waals surface area contributed by atoms with E-state index >= 15 is 0 Å². The van der Waals surface area contributed by atoms with Crippen LogP contribution in [0.1, 0.15) is 5.56 Å². The highest BCUT2D eigenvalue weighted by atomic mass is 35.5. The van der Waals surface area contributed by atoms with Crippen molar-refractivity contribution in [1.29, 1.82) is 0 Å². The Kier molecular flexibility index (Phi) is 3.76. The number of nitrogen functional groups attached to an aromatic ring is 1. The van der Waals surface area contributed by atoms with E-state index in [1.165, 1.54) is 0 Å². The number of hydrogen-bond donors (Lipinski definition) is 2. The molecule has 1 heterocycles. The monoisotopic (exact) mass is 279 g/mol. The molecule has 0 aliphatic carbocycles. The van der Waals surface area contributed by atoms with Crippen LogP contribution < -0.4 is 11.1 Å². The first kappa shape index (κ1) is 13.0. The van der Waals surface area contributed by atoms with Crippen molar-refractivity contribution in [3.63, 3.8) is 0 Å². The molecule has 1 aromatic heterocycles. The molecule has 2 rings (SSSR count). The van der Waals surface area contributed by atoms with Crippen molar-refractivity contribution < 1.29 is 4.92 Å². The van der Waals surface area contributed by atoms with Gasteiger partial charge >= 0.3 is 5.69 Å². The van der Waals surface area contributed by atoms with Gasteiger partial charge in [0.05, 0.1) is 4.92 Å². The summed E-state index contributed by atoms with van der Waals surface area (Å²) in [6.45, 7) is 0.303. The number of hydrogen-bond acceptors (Lipinski definition) is 6. The van der Waals surface area contributed by atoms with Gasteiger partial charge in [0.2, 0.25) is 11.6 Å². The maximum Gasteiger partial charge on any atom is 0.352 e. The van der Waals surface area contributed by atoms with Gasteiger partial charge in [0.1, 0.15) is 6.33 Å². The van der Waals surface area contributed by atoms with E-state index in [0.29, 0.717) is 11.6 Å². The van der Waals surface area contributed by atoms with Gasteiger partial charge in [-0.3, -0.25) is 10.1 Å². The molecule has 0 amide bonds. The van der Waals surface area contributed by atoms with Crippen molar-refractivity contribution in [2.45, 2.75) is 6.54 Å². The molecule has 8 heteroatoms. The third-order valence-corrected chi connectivity index (χ3v) is 2.81. The van der Waals surface area contributed by atoms with Crippen LogP contribution in [0.15, 0.2) is 30.6 Å². The largest absolute Gasteiger partial charge is 0.378 e. The Bertz CT molecular complexity index is 620. The lowest BCUT2D eigenvalue weighted by molar-refractivity contribution is -0.383. The Morgan fingerprint density at radius 2 is 2.11 bits per heavy atom. The second-order valence-electron chi connectivity index (χ2n) is 3.66. The summed E-state index contributed by atoms with van der Waals surface area (Å²) in [5.74, 6) is -0.112. The molecule has 0 spiro atoms. The van der Waals surface area contributed by atoms with E-state index in [2.05, 4.69) is 15.3 Å². The van der Waals surface area contributed by atoms with Gasteiger partial charge in [-0.2, -0.15) is 0 Å². The van der Waals surface area contributed by atoms with Crippen molar-refractivity contribution in [2.24, 2.45) is 0 Å². The van der Waals surface area contributed by atoms with E-state index in [0.717, 1.165) is 11.9 Å². The molecule has 0 atom stereocenters. The fourth-order valence-electron chi connectivity index (χ4n) is 1.52. The summed E-state index contributed by atoms with van der Waals surface area (Å²) in [6.07, 6.45) is 1.16. The molecule has 0 saturated heterocycles. The lowest BCUT2D eigenvalue weighted by atomic mass is 10.2. The number of benzene rings is 1. The SMILES string of the molecule is Nc1ncnc(NCc2ccccc2Cl)c1[N+](=O)[O-]. The average Bonchev–Trinajstić information content (AvgIpc) is 2.37. The van der Waals surface area contributed by atoms with E-state index in [4.69, 9.17) is 17.3 Å². The summed E-state index contributed by atoms with van der Waals surface area (Å²) in [4.78, 5) is 17.7. The van der Waals surface area contributed by atoms with Crippen molar-refractivity contribution in [2.75, 3.05) is 11.1 Å². The second-order valence-corrected chi connectivity index (χ2v) is 4.07. The van der Waals surface area contributed by atoms with Crippen LogP contribution >= 0.6 is 11.6 Å². The quantitative estimate of drug-likeness (QED) is 0.656. The molecule has 3 N–H and O–H groups in total. The summed E-state index contributed by atoms with van der Waals surface area (Å²) < 4.78 is 0. The molecule has 7 nitrogen and oxygen atoms in total.